The second-order valence-corrected chi connectivity index (χ2v) is 11.6. The SMILES string of the molecule is Cc1nn(-c2ccccc2)c2nc(-c3ccccc3)cc(C(=O)OCC(=O)Nc3sc4c(c3C(N)=O)CC[C@@H](C)C4)c12. The van der Waals surface area contributed by atoms with Crippen LogP contribution in [0.4, 0.5) is 5.00 Å². The van der Waals surface area contributed by atoms with Crippen LogP contribution in [0.1, 0.15) is 50.2 Å². The van der Waals surface area contributed by atoms with Crippen LogP contribution in [0.15, 0.2) is 66.7 Å². The third-order valence-electron chi connectivity index (χ3n) is 7.45. The minimum Gasteiger partial charge on any atom is -0.452 e. The highest BCUT2D eigenvalue weighted by molar-refractivity contribution is 7.17. The van der Waals surface area contributed by atoms with Gasteiger partial charge in [-0.25, -0.2) is 14.5 Å². The molecule has 1 aliphatic rings. The maximum absolute atomic E-state index is 13.5. The van der Waals surface area contributed by atoms with Crippen LogP contribution in [-0.2, 0) is 22.4 Å². The zero-order valence-electron chi connectivity index (χ0n) is 23.2. The number of nitrogens with two attached hydrogens (primary N) is 1. The van der Waals surface area contributed by atoms with Crippen molar-refractivity contribution in [2.75, 3.05) is 11.9 Å². The number of primary amides is 1. The highest BCUT2D eigenvalue weighted by Crippen LogP contribution is 2.39. The number of nitrogens with one attached hydrogen (secondary N) is 1. The van der Waals surface area contributed by atoms with Gasteiger partial charge in [-0.2, -0.15) is 5.10 Å². The van der Waals surface area contributed by atoms with Gasteiger partial charge in [-0.15, -0.1) is 11.3 Å². The smallest absolute Gasteiger partial charge is 0.339 e. The molecule has 10 heteroatoms. The zero-order chi connectivity index (χ0) is 29.4. The number of ether oxygens (including phenoxy) is 1. The molecule has 212 valence electrons. The molecule has 3 N–H and O–H groups in total. The van der Waals surface area contributed by atoms with E-state index in [-0.39, 0.29) is 5.56 Å². The molecule has 42 heavy (non-hydrogen) atoms. The number of aromatic nitrogens is 3. The fourth-order valence-corrected chi connectivity index (χ4v) is 6.86. The lowest BCUT2D eigenvalue weighted by Gasteiger charge is -2.18. The molecule has 0 aliphatic heterocycles. The quantitative estimate of drug-likeness (QED) is 0.246. The molecule has 0 spiro atoms. The first-order valence-electron chi connectivity index (χ1n) is 13.7. The van der Waals surface area contributed by atoms with Crippen LogP contribution in [0, 0.1) is 12.8 Å². The van der Waals surface area contributed by atoms with E-state index in [4.69, 9.17) is 15.5 Å². The van der Waals surface area contributed by atoms with E-state index in [1.54, 1.807) is 17.7 Å². The summed E-state index contributed by atoms with van der Waals surface area (Å²) in [5, 5.41) is 8.38. The summed E-state index contributed by atoms with van der Waals surface area (Å²) in [6, 6.07) is 20.7. The van der Waals surface area contributed by atoms with Gasteiger partial charge in [-0.1, -0.05) is 55.5 Å². The van der Waals surface area contributed by atoms with Gasteiger partial charge in [0.2, 0.25) is 0 Å². The predicted molar refractivity (Wildman–Crippen MR) is 162 cm³/mol. The Morgan fingerprint density at radius 1 is 1.10 bits per heavy atom. The third kappa shape index (κ3) is 5.16. The number of thiophene rings is 1. The summed E-state index contributed by atoms with van der Waals surface area (Å²) in [6.07, 6.45) is 2.54. The van der Waals surface area contributed by atoms with Crippen molar-refractivity contribution in [2.45, 2.75) is 33.1 Å². The fraction of sp³-hybridized carbons (Fsp3) is 0.219. The third-order valence-corrected chi connectivity index (χ3v) is 8.62. The van der Waals surface area contributed by atoms with Gasteiger partial charge in [0.25, 0.3) is 11.8 Å². The minimum absolute atomic E-state index is 0.254. The Kier molecular flexibility index (Phi) is 7.30. The number of para-hydroxylation sites is 1. The van der Waals surface area contributed by atoms with Crippen molar-refractivity contribution in [3.8, 4) is 16.9 Å². The molecule has 1 atom stereocenters. The van der Waals surface area contributed by atoms with Gasteiger partial charge < -0.3 is 15.8 Å². The van der Waals surface area contributed by atoms with Crippen LogP contribution in [0.3, 0.4) is 0 Å². The number of anilines is 1. The molecule has 3 aromatic heterocycles. The number of pyridine rings is 1. The number of esters is 1. The van der Waals surface area contributed by atoms with Gasteiger partial charge in [-0.05, 0) is 55.9 Å². The van der Waals surface area contributed by atoms with Crippen molar-refractivity contribution in [2.24, 2.45) is 11.7 Å². The number of carbonyl (C=O) groups is 3. The molecular weight excluding hydrogens is 550 g/mol. The number of rotatable bonds is 7. The molecule has 2 amide bonds. The molecule has 9 nitrogen and oxygen atoms in total. The number of hydrogen-bond donors (Lipinski definition) is 2. The van der Waals surface area contributed by atoms with Crippen LogP contribution in [-0.4, -0.2) is 39.2 Å². The van der Waals surface area contributed by atoms with Crippen LogP contribution in [0.2, 0.25) is 0 Å². The minimum atomic E-state index is -0.681. The van der Waals surface area contributed by atoms with Crippen LogP contribution >= 0.6 is 11.3 Å². The first-order chi connectivity index (χ1) is 20.3. The van der Waals surface area contributed by atoms with Gasteiger partial charge in [0, 0.05) is 10.4 Å². The Hall–Kier alpha value is -4.83. The van der Waals surface area contributed by atoms with Crippen molar-refractivity contribution in [3.63, 3.8) is 0 Å². The average Bonchev–Trinajstić information content (AvgIpc) is 3.52. The number of fused-ring (bicyclic) bond motifs is 2. The lowest BCUT2D eigenvalue weighted by Crippen LogP contribution is -2.23. The van der Waals surface area contributed by atoms with Gasteiger partial charge in [-0.3, -0.25) is 9.59 Å². The van der Waals surface area contributed by atoms with Crippen molar-refractivity contribution in [3.05, 3.63) is 94.0 Å². The molecule has 0 fully saturated rings. The highest BCUT2D eigenvalue weighted by atomic mass is 32.1. The van der Waals surface area contributed by atoms with Crippen molar-refractivity contribution in [1.82, 2.24) is 14.8 Å². The van der Waals surface area contributed by atoms with E-state index in [1.165, 1.54) is 11.3 Å². The molecule has 0 saturated heterocycles. The molecule has 0 saturated carbocycles. The summed E-state index contributed by atoms with van der Waals surface area (Å²) in [5.74, 6) is -1.32. The molecule has 3 heterocycles. The first-order valence-corrected chi connectivity index (χ1v) is 14.5. The lowest BCUT2D eigenvalue weighted by atomic mass is 9.88. The number of hydrogen-bond acceptors (Lipinski definition) is 7. The van der Waals surface area contributed by atoms with E-state index in [0.29, 0.717) is 38.9 Å². The normalized spacial score (nSPS) is 14.4. The maximum atomic E-state index is 13.5. The molecule has 0 bridgehead atoms. The molecule has 2 aromatic carbocycles. The second-order valence-electron chi connectivity index (χ2n) is 10.5. The average molecular weight is 580 g/mol. The summed E-state index contributed by atoms with van der Waals surface area (Å²) in [7, 11) is 0. The molecule has 0 radical (unpaired) electrons. The predicted octanol–water partition coefficient (Wildman–Crippen LogP) is 5.48. The lowest BCUT2D eigenvalue weighted by molar-refractivity contribution is -0.119. The van der Waals surface area contributed by atoms with E-state index in [2.05, 4.69) is 17.3 Å². The summed E-state index contributed by atoms with van der Waals surface area (Å²) in [6.45, 7) is 3.43. The number of amides is 2. The van der Waals surface area contributed by atoms with Crippen LogP contribution < -0.4 is 11.1 Å². The number of aryl methyl sites for hydroxylation is 1. The van der Waals surface area contributed by atoms with Gasteiger partial charge in [0.15, 0.2) is 12.3 Å². The van der Waals surface area contributed by atoms with E-state index < -0.39 is 24.4 Å². The zero-order valence-corrected chi connectivity index (χ0v) is 24.0. The first kappa shape index (κ1) is 27.3. The number of carbonyl (C=O) groups excluding carboxylic acids is 3. The van der Waals surface area contributed by atoms with E-state index in [1.807, 2.05) is 60.7 Å². The second kappa shape index (κ2) is 11.2. The monoisotopic (exact) mass is 579 g/mol. The van der Waals surface area contributed by atoms with Gasteiger partial charge >= 0.3 is 5.97 Å². The fourth-order valence-electron chi connectivity index (χ4n) is 5.43. The van der Waals surface area contributed by atoms with Crippen LogP contribution in [0.5, 0.6) is 0 Å². The summed E-state index contributed by atoms with van der Waals surface area (Å²) >= 11 is 1.36. The molecule has 0 unspecified atom stereocenters. The number of benzene rings is 2. The Balaban J connectivity index is 1.30. The van der Waals surface area contributed by atoms with E-state index in [9.17, 15) is 14.4 Å². The maximum Gasteiger partial charge on any atom is 0.339 e. The Labute approximate surface area is 246 Å². The summed E-state index contributed by atoms with van der Waals surface area (Å²) < 4.78 is 7.22. The van der Waals surface area contributed by atoms with Crippen LogP contribution in [0.25, 0.3) is 28.0 Å². The Morgan fingerprint density at radius 2 is 1.81 bits per heavy atom. The standard InChI is InChI=1S/C32H29N5O4S/c1-18-13-14-22-25(15-18)42-31(28(22)29(33)39)35-26(38)17-41-32(40)23-16-24(20-9-5-3-6-10-20)34-30-27(23)19(2)36-37(30)21-11-7-4-8-12-21/h3-12,16,18H,13-15,17H2,1-2H3,(H2,33,39)(H,35,38)/t18-/m1/s1. The summed E-state index contributed by atoms with van der Waals surface area (Å²) in [5.41, 5.74) is 10.5. The van der Waals surface area contributed by atoms with Gasteiger partial charge in [0.05, 0.1) is 33.6 Å². The Bertz CT molecular complexity index is 1830. The largest absolute Gasteiger partial charge is 0.452 e. The van der Waals surface area contributed by atoms with Crippen molar-refractivity contribution < 1.29 is 19.1 Å². The van der Waals surface area contributed by atoms with E-state index in [0.717, 1.165) is 41.0 Å². The highest BCUT2D eigenvalue weighted by Gasteiger charge is 2.28. The number of nitrogens with zero attached hydrogens (tertiary/aromatic N) is 3. The topological polar surface area (TPSA) is 129 Å². The molecular formula is C32H29N5O4S. The van der Waals surface area contributed by atoms with E-state index >= 15 is 0 Å². The molecule has 5 aromatic rings. The molecule has 1 aliphatic carbocycles. The summed E-state index contributed by atoms with van der Waals surface area (Å²) in [4.78, 5) is 44.7. The Morgan fingerprint density at radius 3 is 2.52 bits per heavy atom. The van der Waals surface area contributed by atoms with Crippen molar-refractivity contribution in [1.29, 1.82) is 0 Å². The van der Waals surface area contributed by atoms with Gasteiger partial charge in [0.1, 0.15) is 5.00 Å². The molecule has 6 rings (SSSR count). The van der Waals surface area contributed by atoms with Crippen molar-refractivity contribution >= 4 is 45.2 Å².